The number of anilines is 2. The first-order valence-corrected chi connectivity index (χ1v) is 7.31. The van der Waals surface area contributed by atoms with Gasteiger partial charge in [-0.2, -0.15) is 0 Å². The molecular weight excluding hydrogens is 375 g/mol. The number of hydrogen-bond donors (Lipinski definition) is 2. The third-order valence-electron chi connectivity index (χ3n) is 3.08. The predicted molar refractivity (Wildman–Crippen MR) is 86.1 cm³/mol. The summed E-state index contributed by atoms with van der Waals surface area (Å²) in [6.07, 6.45) is 4.67. The Hall–Kier alpha value is -2.12. The van der Waals surface area contributed by atoms with Gasteiger partial charge in [-0.3, -0.25) is 4.79 Å². The van der Waals surface area contributed by atoms with Crippen molar-refractivity contribution in [1.29, 1.82) is 0 Å². The first kappa shape index (κ1) is 14.8. The highest BCUT2D eigenvalue weighted by Crippen LogP contribution is 2.33. The molecule has 0 unspecified atom stereocenters. The van der Waals surface area contributed by atoms with Crippen LogP contribution < -0.4 is 11.1 Å². The lowest BCUT2D eigenvalue weighted by atomic mass is 10.2. The summed E-state index contributed by atoms with van der Waals surface area (Å²) in [6.45, 7) is 0. The van der Waals surface area contributed by atoms with Crippen LogP contribution in [0.3, 0.4) is 0 Å². The van der Waals surface area contributed by atoms with Gasteiger partial charge in [0, 0.05) is 23.1 Å². The van der Waals surface area contributed by atoms with Crippen molar-refractivity contribution in [2.75, 3.05) is 5.32 Å². The number of nitrogens with zero attached hydrogens (tertiary/aromatic N) is 2. The summed E-state index contributed by atoms with van der Waals surface area (Å²) in [5.74, 6) is -1.18. The number of pyridine rings is 1. The Morgan fingerprint density at radius 1 is 1.45 bits per heavy atom. The fourth-order valence-electron chi connectivity index (χ4n) is 2.06. The van der Waals surface area contributed by atoms with E-state index < -0.39 is 11.7 Å². The van der Waals surface area contributed by atoms with Gasteiger partial charge in [0.15, 0.2) is 5.65 Å². The molecule has 0 fully saturated rings. The molecule has 5 nitrogen and oxygen atoms in total. The van der Waals surface area contributed by atoms with Crippen molar-refractivity contribution >= 4 is 50.5 Å². The van der Waals surface area contributed by atoms with Gasteiger partial charge in [0.1, 0.15) is 10.8 Å². The second-order valence-corrected chi connectivity index (χ2v) is 5.80. The molecule has 0 saturated heterocycles. The highest BCUT2D eigenvalue weighted by atomic mass is 79.9. The maximum absolute atomic E-state index is 14.0. The Balaban J connectivity index is 2.18. The number of benzene rings is 1. The highest BCUT2D eigenvalue weighted by molar-refractivity contribution is 9.10. The topological polar surface area (TPSA) is 72.4 Å². The van der Waals surface area contributed by atoms with Crippen molar-refractivity contribution in [3.05, 3.63) is 57.7 Å². The van der Waals surface area contributed by atoms with Crippen molar-refractivity contribution in [2.45, 2.75) is 0 Å². The van der Waals surface area contributed by atoms with E-state index in [1.54, 1.807) is 16.7 Å². The Kier molecular flexibility index (Phi) is 3.76. The van der Waals surface area contributed by atoms with Gasteiger partial charge in [-0.1, -0.05) is 27.5 Å². The maximum Gasteiger partial charge on any atom is 0.252 e. The number of fused-ring (bicyclic) bond motifs is 1. The summed E-state index contributed by atoms with van der Waals surface area (Å²) >= 11 is 9.46. The van der Waals surface area contributed by atoms with E-state index in [9.17, 15) is 9.18 Å². The number of hydrogen-bond acceptors (Lipinski definition) is 3. The third kappa shape index (κ3) is 2.53. The zero-order chi connectivity index (χ0) is 15.9. The van der Waals surface area contributed by atoms with Crippen molar-refractivity contribution < 1.29 is 9.18 Å². The van der Waals surface area contributed by atoms with Gasteiger partial charge in [-0.15, -0.1) is 0 Å². The van der Waals surface area contributed by atoms with E-state index in [0.717, 1.165) is 0 Å². The zero-order valence-corrected chi connectivity index (χ0v) is 13.3. The zero-order valence-electron chi connectivity index (χ0n) is 11.0. The molecule has 1 aromatic carbocycles. The third-order valence-corrected chi connectivity index (χ3v) is 3.93. The lowest BCUT2D eigenvalue weighted by molar-refractivity contribution is 0.100. The van der Waals surface area contributed by atoms with Crippen LogP contribution in [0.5, 0.6) is 0 Å². The number of carbonyl (C=O) groups is 1. The molecule has 0 spiro atoms. The van der Waals surface area contributed by atoms with Crippen molar-refractivity contribution in [1.82, 2.24) is 9.38 Å². The molecule has 3 rings (SSSR count). The van der Waals surface area contributed by atoms with Gasteiger partial charge in [0.25, 0.3) is 5.91 Å². The van der Waals surface area contributed by atoms with Crippen LogP contribution in [0.25, 0.3) is 5.65 Å². The molecule has 0 bridgehead atoms. The maximum atomic E-state index is 14.0. The number of primary amides is 1. The van der Waals surface area contributed by atoms with Crippen LogP contribution in [0.2, 0.25) is 5.02 Å². The lowest BCUT2D eigenvalue weighted by Gasteiger charge is -2.14. The molecule has 0 radical (unpaired) electrons. The SMILES string of the molecule is NC(=O)c1cn2ccnc2c(Cl)c1Nc1ccc(Br)cc1F. The van der Waals surface area contributed by atoms with Gasteiger partial charge in [0.2, 0.25) is 0 Å². The van der Waals surface area contributed by atoms with Crippen molar-refractivity contribution in [3.8, 4) is 0 Å². The van der Waals surface area contributed by atoms with Crippen LogP contribution in [0.4, 0.5) is 15.8 Å². The number of nitrogens with one attached hydrogen (secondary N) is 1. The Labute approximate surface area is 138 Å². The average molecular weight is 384 g/mol. The molecule has 112 valence electrons. The number of amides is 1. The first-order chi connectivity index (χ1) is 10.5. The summed E-state index contributed by atoms with van der Waals surface area (Å²) in [4.78, 5) is 15.8. The van der Waals surface area contributed by atoms with Crippen LogP contribution in [0.1, 0.15) is 10.4 Å². The van der Waals surface area contributed by atoms with Gasteiger partial charge < -0.3 is 15.5 Å². The van der Waals surface area contributed by atoms with Crippen LogP contribution in [-0.4, -0.2) is 15.3 Å². The fraction of sp³-hybridized carbons (Fsp3) is 0. The average Bonchev–Trinajstić information content (AvgIpc) is 2.92. The molecule has 1 amide bonds. The lowest BCUT2D eigenvalue weighted by Crippen LogP contribution is -2.15. The summed E-state index contributed by atoms with van der Waals surface area (Å²) in [7, 11) is 0. The van der Waals surface area contributed by atoms with E-state index in [1.807, 2.05) is 0 Å². The molecule has 2 heterocycles. The molecule has 2 aromatic heterocycles. The van der Waals surface area contributed by atoms with Gasteiger partial charge in [-0.05, 0) is 18.2 Å². The van der Waals surface area contributed by atoms with E-state index >= 15 is 0 Å². The Bertz CT molecular complexity index is 896. The molecule has 0 aliphatic rings. The van der Waals surface area contributed by atoms with E-state index in [0.29, 0.717) is 10.1 Å². The number of halogens is 3. The standard InChI is InChI=1S/C14H9BrClFN4O/c15-7-1-2-10(9(17)5-7)20-12-8(13(18)22)6-21-4-3-19-14(21)11(12)16/h1-6,20H,(H2,18,22). The van der Waals surface area contributed by atoms with Crippen LogP contribution in [-0.2, 0) is 0 Å². The number of carbonyl (C=O) groups excluding carboxylic acids is 1. The quantitative estimate of drug-likeness (QED) is 0.724. The van der Waals surface area contributed by atoms with Crippen molar-refractivity contribution in [3.63, 3.8) is 0 Å². The molecule has 0 saturated carbocycles. The fourth-order valence-corrected chi connectivity index (χ4v) is 2.68. The van der Waals surface area contributed by atoms with E-state index in [-0.39, 0.29) is 22.0 Å². The molecule has 22 heavy (non-hydrogen) atoms. The van der Waals surface area contributed by atoms with Gasteiger partial charge in [-0.25, -0.2) is 9.37 Å². The normalized spacial score (nSPS) is 10.9. The number of rotatable bonds is 3. The highest BCUT2D eigenvalue weighted by Gasteiger charge is 2.18. The smallest absolute Gasteiger partial charge is 0.252 e. The van der Waals surface area contributed by atoms with Gasteiger partial charge in [0.05, 0.1) is 16.9 Å². The van der Waals surface area contributed by atoms with Crippen LogP contribution in [0, 0.1) is 5.82 Å². The monoisotopic (exact) mass is 382 g/mol. The van der Waals surface area contributed by atoms with E-state index in [2.05, 4.69) is 26.2 Å². The number of nitrogens with two attached hydrogens (primary N) is 1. The molecule has 3 aromatic rings. The molecule has 8 heteroatoms. The van der Waals surface area contributed by atoms with Crippen molar-refractivity contribution in [2.24, 2.45) is 5.73 Å². The molecule has 0 atom stereocenters. The molecule has 0 aliphatic carbocycles. The number of imidazole rings is 1. The minimum atomic E-state index is -0.683. The number of aromatic nitrogens is 2. The minimum Gasteiger partial charge on any atom is -0.365 e. The van der Waals surface area contributed by atoms with E-state index in [1.165, 1.54) is 24.5 Å². The van der Waals surface area contributed by atoms with Crippen LogP contribution >= 0.6 is 27.5 Å². The minimum absolute atomic E-state index is 0.137. The first-order valence-electron chi connectivity index (χ1n) is 6.14. The largest absolute Gasteiger partial charge is 0.365 e. The van der Waals surface area contributed by atoms with Gasteiger partial charge >= 0.3 is 0 Å². The molecular formula is C14H9BrClFN4O. The van der Waals surface area contributed by atoms with Crippen LogP contribution in [0.15, 0.2) is 41.3 Å². The summed E-state index contributed by atoms with van der Waals surface area (Å²) < 4.78 is 16.2. The second kappa shape index (κ2) is 5.58. The summed E-state index contributed by atoms with van der Waals surface area (Å²) in [5, 5.41) is 3.00. The summed E-state index contributed by atoms with van der Waals surface area (Å²) in [5.41, 5.74) is 6.35. The Morgan fingerprint density at radius 2 is 2.23 bits per heavy atom. The predicted octanol–water partition coefficient (Wildman–Crippen LogP) is 3.73. The molecule has 0 aliphatic heterocycles. The second-order valence-electron chi connectivity index (χ2n) is 4.50. The molecule has 3 N–H and O–H groups in total. The summed E-state index contributed by atoms with van der Waals surface area (Å²) in [6, 6.07) is 4.49. The Morgan fingerprint density at radius 3 is 2.91 bits per heavy atom. The van der Waals surface area contributed by atoms with E-state index in [4.69, 9.17) is 17.3 Å².